The first-order valence-corrected chi connectivity index (χ1v) is 5.67. The third kappa shape index (κ3) is 1.89. The summed E-state index contributed by atoms with van der Waals surface area (Å²) in [5, 5.41) is 20.6. The number of hydrogen-bond acceptors (Lipinski definition) is 2. The number of rotatable bonds is 1. The Morgan fingerprint density at radius 3 is 2.22 bits per heavy atom. The van der Waals surface area contributed by atoms with Gasteiger partial charge in [0.15, 0.2) is 0 Å². The van der Waals surface area contributed by atoms with Crippen LogP contribution >= 0.6 is 0 Å². The highest BCUT2D eigenvalue weighted by Gasteiger charge is 2.01. The molecule has 0 aliphatic rings. The van der Waals surface area contributed by atoms with Crippen molar-refractivity contribution in [2.75, 3.05) is 0 Å². The lowest BCUT2D eigenvalue weighted by molar-refractivity contribution is 0.475. The van der Waals surface area contributed by atoms with Gasteiger partial charge in [0, 0.05) is 0 Å². The molecular weight excluding hydrogens is 224 g/mol. The number of phenols is 2. The number of benzene rings is 3. The van der Waals surface area contributed by atoms with Gasteiger partial charge in [-0.15, -0.1) is 0 Å². The van der Waals surface area contributed by atoms with Crippen LogP contribution in [0.4, 0.5) is 0 Å². The van der Waals surface area contributed by atoms with E-state index in [1.165, 1.54) is 0 Å². The monoisotopic (exact) mass is 235 g/mol. The lowest BCUT2D eigenvalue weighted by Gasteiger charge is -2.04. The molecule has 2 N–H and O–H groups in total. The van der Waals surface area contributed by atoms with Crippen molar-refractivity contribution in [3.05, 3.63) is 60.7 Å². The van der Waals surface area contributed by atoms with Crippen molar-refractivity contribution >= 4 is 10.8 Å². The van der Waals surface area contributed by atoms with Gasteiger partial charge < -0.3 is 10.2 Å². The highest BCUT2D eigenvalue weighted by molar-refractivity contribution is 5.87. The van der Waals surface area contributed by atoms with Crippen molar-refractivity contribution < 1.29 is 10.2 Å². The number of aromatic hydroxyl groups is 2. The second kappa shape index (κ2) is 4.08. The summed E-state index contributed by atoms with van der Waals surface area (Å²) in [6.07, 6.45) is 0. The summed E-state index contributed by atoms with van der Waals surface area (Å²) in [6, 6.07) is 19.4. The topological polar surface area (TPSA) is 40.5 Å². The standard InChI is InChI=1S/C16H11O2/c17-15-6-3-11(4-7-15)12-1-2-14-10-16(18)8-5-13(14)9-12/h1-8,10,17-18H. The Morgan fingerprint density at radius 1 is 0.722 bits per heavy atom. The van der Waals surface area contributed by atoms with Crippen LogP contribution in [-0.2, 0) is 0 Å². The SMILES string of the molecule is Oc1ccc(-c2[c]c3ccc(O)cc3cc2)cc1. The van der Waals surface area contributed by atoms with Gasteiger partial charge in [-0.05, 0) is 52.2 Å². The van der Waals surface area contributed by atoms with Crippen molar-refractivity contribution in [2.45, 2.75) is 0 Å². The van der Waals surface area contributed by atoms with E-state index in [9.17, 15) is 10.2 Å². The fourth-order valence-electron chi connectivity index (χ4n) is 1.97. The van der Waals surface area contributed by atoms with E-state index < -0.39 is 0 Å². The molecule has 0 saturated carbocycles. The molecule has 0 aliphatic heterocycles. The van der Waals surface area contributed by atoms with Crippen molar-refractivity contribution in [3.8, 4) is 22.6 Å². The minimum atomic E-state index is 0.254. The lowest BCUT2D eigenvalue weighted by atomic mass is 10.0. The zero-order chi connectivity index (χ0) is 12.5. The summed E-state index contributed by atoms with van der Waals surface area (Å²) >= 11 is 0. The predicted molar refractivity (Wildman–Crippen MR) is 71.5 cm³/mol. The number of phenolic OH excluding ortho intramolecular Hbond substituents is 2. The van der Waals surface area contributed by atoms with Gasteiger partial charge in [-0.3, -0.25) is 0 Å². The zero-order valence-electron chi connectivity index (χ0n) is 9.59. The van der Waals surface area contributed by atoms with E-state index in [0.29, 0.717) is 0 Å². The molecule has 0 aliphatic carbocycles. The molecule has 0 spiro atoms. The molecule has 3 aromatic carbocycles. The van der Waals surface area contributed by atoms with Crippen LogP contribution in [0, 0.1) is 6.07 Å². The van der Waals surface area contributed by atoms with E-state index in [-0.39, 0.29) is 11.5 Å². The van der Waals surface area contributed by atoms with E-state index in [2.05, 4.69) is 6.07 Å². The molecule has 3 rings (SSSR count). The van der Waals surface area contributed by atoms with Crippen molar-refractivity contribution in [1.29, 1.82) is 0 Å². The minimum absolute atomic E-state index is 0.254. The maximum absolute atomic E-state index is 9.41. The van der Waals surface area contributed by atoms with Gasteiger partial charge in [-0.1, -0.05) is 30.3 Å². The van der Waals surface area contributed by atoms with E-state index >= 15 is 0 Å². The highest BCUT2D eigenvalue weighted by atomic mass is 16.3. The number of hydrogen-bond donors (Lipinski definition) is 2. The van der Waals surface area contributed by atoms with Crippen molar-refractivity contribution in [2.24, 2.45) is 0 Å². The second-order valence-electron chi connectivity index (χ2n) is 4.19. The Balaban J connectivity index is 2.13. The third-order valence-electron chi connectivity index (χ3n) is 2.91. The van der Waals surface area contributed by atoms with Gasteiger partial charge in [0.05, 0.1) is 0 Å². The van der Waals surface area contributed by atoms with Crippen LogP contribution in [0.1, 0.15) is 0 Å². The summed E-state index contributed by atoms with van der Waals surface area (Å²) in [5.41, 5.74) is 1.97. The average molecular weight is 235 g/mol. The summed E-state index contributed by atoms with van der Waals surface area (Å²) in [6.45, 7) is 0. The van der Waals surface area contributed by atoms with Crippen LogP contribution in [0.15, 0.2) is 54.6 Å². The predicted octanol–water partition coefficient (Wildman–Crippen LogP) is 3.72. The molecule has 18 heavy (non-hydrogen) atoms. The Labute approximate surface area is 105 Å². The van der Waals surface area contributed by atoms with Gasteiger partial charge in [-0.25, -0.2) is 0 Å². The first kappa shape index (κ1) is 10.7. The molecule has 0 heterocycles. The van der Waals surface area contributed by atoms with E-state index in [4.69, 9.17) is 0 Å². The number of fused-ring (bicyclic) bond motifs is 1. The summed E-state index contributed by atoms with van der Waals surface area (Å²) in [5.74, 6) is 0.512. The molecule has 0 amide bonds. The quantitative estimate of drug-likeness (QED) is 0.674. The summed E-state index contributed by atoms with van der Waals surface area (Å²) in [4.78, 5) is 0. The Morgan fingerprint density at radius 2 is 1.44 bits per heavy atom. The first-order valence-electron chi connectivity index (χ1n) is 5.67. The molecule has 1 radical (unpaired) electrons. The molecule has 3 aromatic rings. The largest absolute Gasteiger partial charge is 0.508 e. The molecule has 0 fully saturated rings. The van der Waals surface area contributed by atoms with Crippen LogP contribution in [-0.4, -0.2) is 10.2 Å². The van der Waals surface area contributed by atoms with Gasteiger partial charge in [-0.2, -0.15) is 0 Å². The first-order chi connectivity index (χ1) is 8.72. The van der Waals surface area contributed by atoms with Crippen LogP contribution in [0.3, 0.4) is 0 Å². The lowest BCUT2D eigenvalue weighted by Crippen LogP contribution is -1.79. The fourth-order valence-corrected chi connectivity index (χ4v) is 1.97. The van der Waals surface area contributed by atoms with Crippen molar-refractivity contribution in [1.82, 2.24) is 0 Å². The van der Waals surface area contributed by atoms with Crippen LogP contribution in [0.5, 0.6) is 11.5 Å². The fraction of sp³-hybridized carbons (Fsp3) is 0. The summed E-state index contributed by atoms with van der Waals surface area (Å²) in [7, 11) is 0. The van der Waals surface area contributed by atoms with Gasteiger partial charge in [0.2, 0.25) is 0 Å². The smallest absolute Gasteiger partial charge is 0.116 e. The molecule has 2 heteroatoms. The van der Waals surface area contributed by atoms with E-state index in [1.54, 1.807) is 24.3 Å². The van der Waals surface area contributed by atoms with Crippen LogP contribution in [0.25, 0.3) is 21.9 Å². The molecule has 0 bridgehead atoms. The third-order valence-corrected chi connectivity index (χ3v) is 2.91. The van der Waals surface area contributed by atoms with E-state index in [0.717, 1.165) is 21.9 Å². The normalized spacial score (nSPS) is 10.7. The second-order valence-corrected chi connectivity index (χ2v) is 4.19. The molecule has 2 nitrogen and oxygen atoms in total. The molecule has 0 unspecified atom stereocenters. The molecule has 87 valence electrons. The Hall–Kier alpha value is -2.48. The van der Waals surface area contributed by atoms with Gasteiger partial charge in [0.25, 0.3) is 0 Å². The molecule has 0 saturated heterocycles. The maximum atomic E-state index is 9.41. The summed E-state index contributed by atoms with van der Waals surface area (Å²) < 4.78 is 0. The van der Waals surface area contributed by atoms with Crippen LogP contribution in [0.2, 0.25) is 0 Å². The Kier molecular flexibility index (Phi) is 2.41. The minimum Gasteiger partial charge on any atom is -0.508 e. The molecule has 0 atom stereocenters. The van der Waals surface area contributed by atoms with Crippen molar-refractivity contribution in [3.63, 3.8) is 0 Å². The molecular formula is C16H11O2. The highest BCUT2D eigenvalue weighted by Crippen LogP contribution is 2.26. The van der Waals surface area contributed by atoms with Gasteiger partial charge in [0.1, 0.15) is 11.5 Å². The van der Waals surface area contributed by atoms with E-state index in [1.807, 2.05) is 30.3 Å². The van der Waals surface area contributed by atoms with Gasteiger partial charge >= 0.3 is 0 Å². The zero-order valence-corrected chi connectivity index (χ0v) is 9.59. The maximum Gasteiger partial charge on any atom is 0.116 e. The molecule has 0 aromatic heterocycles. The van der Waals surface area contributed by atoms with Crippen LogP contribution < -0.4 is 0 Å². The average Bonchev–Trinajstić information content (AvgIpc) is 2.39. The Bertz CT molecular complexity index is 700.